The normalized spacial score (nSPS) is 12.1. The molecule has 1 rings (SSSR count). The molecule has 82 valence electrons. The number of aliphatic hydroxyl groups is 1. The van der Waals surface area contributed by atoms with E-state index in [1.807, 2.05) is 6.92 Å². The maximum Gasteiger partial charge on any atom is 0.272 e. The fourth-order valence-corrected chi connectivity index (χ4v) is 1.01. The van der Waals surface area contributed by atoms with Crippen LogP contribution in [0.25, 0.3) is 0 Å². The lowest BCUT2D eigenvalue weighted by Crippen LogP contribution is -2.37. The Hall–Kier alpha value is -1.69. The second kappa shape index (κ2) is 5.26. The molecule has 1 amide bonds. The number of nitrogens with zero attached hydrogens (tertiary/aromatic N) is 1. The number of hydrogen-bond acceptors (Lipinski definition) is 4. The van der Waals surface area contributed by atoms with Crippen LogP contribution < -0.4 is 10.9 Å². The van der Waals surface area contributed by atoms with Gasteiger partial charge in [-0.05, 0) is 12.5 Å². The van der Waals surface area contributed by atoms with Gasteiger partial charge in [-0.2, -0.15) is 5.10 Å². The average molecular weight is 211 g/mol. The van der Waals surface area contributed by atoms with E-state index in [9.17, 15) is 9.59 Å². The molecule has 1 aromatic heterocycles. The van der Waals surface area contributed by atoms with Crippen molar-refractivity contribution < 1.29 is 9.90 Å². The lowest BCUT2D eigenvalue weighted by Gasteiger charge is -2.12. The molecule has 6 nitrogen and oxygen atoms in total. The molecule has 15 heavy (non-hydrogen) atoms. The SMILES string of the molecule is CC[C@H](CO)NC(=O)c1ccc(=O)[nH]n1. The van der Waals surface area contributed by atoms with Crippen LogP contribution in [-0.2, 0) is 0 Å². The third-order valence-electron chi connectivity index (χ3n) is 1.96. The van der Waals surface area contributed by atoms with Gasteiger partial charge in [0.2, 0.25) is 0 Å². The number of aromatic amines is 1. The van der Waals surface area contributed by atoms with Crippen LogP contribution in [0.3, 0.4) is 0 Å². The summed E-state index contributed by atoms with van der Waals surface area (Å²) in [6.07, 6.45) is 0.631. The molecule has 1 atom stereocenters. The molecule has 1 aromatic rings. The molecule has 1 heterocycles. The molecule has 0 fully saturated rings. The van der Waals surface area contributed by atoms with Crippen LogP contribution in [0.1, 0.15) is 23.8 Å². The summed E-state index contributed by atoms with van der Waals surface area (Å²) in [4.78, 5) is 22.2. The predicted molar refractivity (Wildman–Crippen MR) is 53.5 cm³/mol. The Morgan fingerprint density at radius 1 is 1.67 bits per heavy atom. The van der Waals surface area contributed by atoms with Gasteiger partial charge in [-0.15, -0.1) is 0 Å². The highest BCUT2D eigenvalue weighted by atomic mass is 16.3. The highest BCUT2D eigenvalue weighted by Gasteiger charge is 2.12. The van der Waals surface area contributed by atoms with Crippen molar-refractivity contribution in [1.82, 2.24) is 15.5 Å². The van der Waals surface area contributed by atoms with Gasteiger partial charge in [-0.1, -0.05) is 6.92 Å². The number of nitrogens with one attached hydrogen (secondary N) is 2. The maximum atomic E-state index is 11.5. The first kappa shape index (κ1) is 11.4. The molecule has 6 heteroatoms. The summed E-state index contributed by atoms with van der Waals surface area (Å²) in [6.45, 7) is 1.73. The van der Waals surface area contributed by atoms with Gasteiger partial charge >= 0.3 is 0 Å². The molecule has 0 unspecified atom stereocenters. The van der Waals surface area contributed by atoms with Crippen LogP contribution in [-0.4, -0.2) is 33.9 Å². The Balaban J connectivity index is 2.68. The first-order valence-electron chi connectivity index (χ1n) is 4.64. The summed E-state index contributed by atoms with van der Waals surface area (Å²) in [5.74, 6) is -0.410. The molecule has 0 saturated heterocycles. The van der Waals surface area contributed by atoms with E-state index in [4.69, 9.17) is 5.11 Å². The Labute approximate surface area is 86.3 Å². The minimum absolute atomic E-state index is 0.119. The molecule has 0 aliphatic heterocycles. The monoisotopic (exact) mass is 211 g/mol. The van der Waals surface area contributed by atoms with Crippen LogP contribution in [0, 0.1) is 0 Å². The van der Waals surface area contributed by atoms with Crippen LogP contribution >= 0.6 is 0 Å². The van der Waals surface area contributed by atoms with Crippen LogP contribution in [0.4, 0.5) is 0 Å². The minimum atomic E-state index is -0.410. The number of H-pyrrole nitrogens is 1. The van der Waals surface area contributed by atoms with Crippen molar-refractivity contribution in [3.63, 3.8) is 0 Å². The summed E-state index contributed by atoms with van der Waals surface area (Å²) < 4.78 is 0. The fraction of sp³-hybridized carbons (Fsp3) is 0.444. The van der Waals surface area contributed by atoms with E-state index in [0.717, 1.165) is 0 Å². The van der Waals surface area contributed by atoms with E-state index in [0.29, 0.717) is 6.42 Å². The molecular weight excluding hydrogens is 198 g/mol. The summed E-state index contributed by atoms with van der Waals surface area (Å²) in [5.41, 5.74) is -0.234. The largest absolute Gasteiger partial charge is 0.394 e. The molecule has 0 aromatic carbocycles. The molecule has 0 aliphatic rings. The topological polar surface area (TPSA) is 95.1 Å². The molecule has 0 spiro atoms. The standard InChI is InChI=1S/C9H13N3O3/c1-2-6(5-13)10-9(15)7-3-4-8(14)12-11-7/h3-4,6,13H,2,5H2,1H3,(H,10,15)(H,12,14)/t6-/m1/s1. The second-order valence-corrected chi connectivity index (χ2v) is 3.07. The van der Waals surface area contributed by atoms with Gasteiger partial charge in [0.1, 0.15) is 5.69 Å². The molecule has 3 N–H and O–H groups in total. The fourth-order valence-electron chi connectivity index (χ4n) is 1.01. The molecule has 0 saturated carbocycles. The van der Waals surface area contributed by atoms with Gasteiger partial charge in [0.25, 0.3) is 11.5 Å². The van der Waals surface area contributed by atoms with Gasteiger partial charge < -0.3 is 10.4 Å². The number of aliphatic hydroxyl groups excluding tert-OH is 1. The van der Waals surface area contributed by atoms with Crippen LogP contribution in [0.15, 0.2) is 16.9 Å². The molecular formula is C9H13N3O3. The van der Waals surface area contributed by atoms with Crippen molar-refractivity contribution in [3.8, 4) is 0 Å². The average Bonchev–Trinajstić information content (AvgIpc) is 2.26. The van der Waals surface area contributed by atoms with E-state index in [1.165, 1.54) is 12.1 Å². The summed E-state index contributed by atoms with van der Waals surface area (Å²) in [5, 5.41) is 17.2. The Bertz CT molecular complexity index is 364. The van der Waals surface area contributed by atoms with Crippen molar-refractivity contribution in [1.29, 1.82) is 0 Å². The highest BCUT2D eigenvalue weighted by Crippen LogP contribution is 1.93. The predicted octanol–water partition coefficient (Wildman–Crippen LogP) is -0.729. The number of rotatable bonds is 4. The van der Waals surface area contributed by atoms with Crippen molar-refractivity contribution in [2.24, 2.45) is 0 Å². The van der Waals surface area contributed by atoms with Crippen LogP contribution in [0.2, 0.25) is 0 Å². The van der Waals surface area contributed by atoms with Crippen molar-refractivity contribution in [2.45, 2.75) is 19.4 Å². The maximum absolute atomic E-state index is 11.5. The van der Waals surface area contributed by atoms with E-state index in [2.05, 4.69) is 15.5 Å². The molecule has 0 radical (unpaired) electrons. The number of carbonyl (C=O) groups is 1. The van der Waals surface area contributed by atoms with Crippen LogP contribution in [0.5, 0.6) is 0 Å². The van der Waals surface area contributed by atoms with Gasteiger partial charge in [0.15, 0.2) is 0 Å². The zero-order valence-electron chi connectivity index (χ0n) is 8.36. The van der Waals surface area contributed by atoms with Gasteiger partial charge in [0, 0.05) is 6.07 Å². The van der Waals surface area contributed by atoms with E-state index < -0.39 is 5.91 Å². The van der Waals surface area contributed by atoms with Gasteiger partial charge in [-0.3, -0.25) is 9.59 Å². The van der Waals surface area contributed by atoms with Gasteiger partial charge in [-0.25, -0.2) is 5.10 Å². The lowest BCUT2D eigenvalue weighted by molar-refractivity contribution is 0.0908. The van der Waals surface area contributed by atoms with E-state index >= 15 is 0 Å². The second-order valence-electron chi connectivity index (χ2n) is 3.07. The zero-order valence-corrected chi connectivity index (χ0v) is 8.36. The first-order chi connectivity index (χ1) is 7.17. The van der Waals surface area contributed by atoms with Crippen molar-refractivity contribution in [2.75, 3.05) is 6.61 Å². The third kappa shape index (κ3) is 3.17. The minimum Gasteiger partial charge on any atom is -0.394 e. The van der Waals surface area contributed by atoms with Crippen molar-refractivity contribution >= 4 is 5.91 Å². The van der Waals surface area contributed by atoms with E-state index in [1.54, 1.807) is 0 Å². The number of amides is 1. The number of aromatic nitrogens is 2. The lowest BCUT2D eigenvalue weighted by atomic mass is 10.2. The Morgan fingerprint density at radius 3 is 2.87 bits per heavy atom. The summed E-state index contributed by atoms with van der Waals surface area (Å²) >= 11 is 0. The Morgan fingerprint density at radius 2 is 2.40 bits per heavy atom. The Kier molecular flexibility index (Phi) is 3.99. The van der Waals surface area contributed by atoms with Crippen molar-refractivity contribution in [3.05, 3.63) is 28.2 Å². The highest BCUT2D eigenvalue weighted by molar-refractivity contribution is 5.92. The summed E-state index contributed by atoms with van der Waals surface area (Å²) in [6, 6.07) is 2.27. The smallest absolute Gasteiger partial charge is 0.272 e. The van der Waals surface area contributed by atoms with Gasteiger partial charge in [0.05, 0.1) is 12.6 Å². The molecule has 0 bridgehead atoms. The summed E-state index contributed by atoms with van der Waals surface area (Å²) in [7, 11) is 0. The first-order valence-corrected chi connectivity index (χ1v) is 4.64. The van der Waals surface area contributed by atoms with E-state index in [-0.39, 0.29) is 23.9 Å². The quantitative estimate of drug-likeness (QED) is 0.612. The number of carbonyl (C=O) groups excluding carboxylic acids is 1. The zero-order chi connectivity index (χ0) is 11.3. The molecule has 0 aliphatic carbocycles. The third-order valence-corrected chi connectivity index (χ3v) is 1.96. The number of hydrogen-bond donors (Lipinski definition) is 3.